The Balaban J connectivity index is 1.79. The molecule has 0 aliphatic carbocycles. The summed E-state index contributed by atoms with van der Waals surface area (Å²) in [5.74, 6) is 0. The number of likely N-dealkylation sites (tertiary alicyclic amines) is 1. The van der Waals surface area contributed by atoms with Crippen molar-refractivity contribution >= 4 is 0 Å². The number of hydrogen-bond donors (Lipinski definition) is 1. The first kappa shape index (κ1) is 15.2. The molecule has 0 amide bonds. The zero-order valence-electron chi connectivity index (χ0n) is 12.6. The largest absolute Gasteiger partial charge is 0.396 e. The fraction of sp³-hybridized carbons (Fsp3) is 1.00. The molecule has 4 heteroatoms. The van der Waals surface area contributed by atoms with Crippen molar-refractivity contribution in [3.63, 3.8) is 0 Å². The lowest BCUT2D eigenvalue weighted by Gasteiger charge is -2.38. The van der Waals surface area contributed by atoms with Gasteiger partial charge >= 0.3 is 0 Å². The van der Waals surface area contributed by atoms with Crippen molar-refractivity contribution in [3.8, 4) is 0 Å². The van der Waals surface area contributed by atoms with Gasteiger partial charge in [0.25, 0.3) is 0 Å². The Hall–Kier alpha value is -0.160. The Labute approximate surface area is 117 Å². The predicted octanol–water partition coefficient (Wildman–Crippen LogP) is 1.33. The summed E-state index contributed by atoms with van der Waals surface area (Å²) in [6, 6.07) is 1.29. The second-order valence-corrected chi connectivity index (χ2v) is 6.24. The predicted molar refractivity (Wildman–Crippen MR) is 77.4 cm³/mol. The van der Waals surface area contributed by atoms with Gasteiger partial charge in [0.2, 0.25) is 0 Å². The second-order valence-electron chi connectivity index (χ2n) is 6.24. The number of nitrogens with zero attached hydrogens (tertiary/aromatic N) is 2. The van der Waals surface area contributed by atoms with Gasteiger partial charge in [-0.05, 0) is 46.1 Å². The molecule has 0 aromatic carbocycles. The van der Waals surface area contributed by atoms with E-state index >= 15 is 0 Å². The summed E-state index contributed by atoms with van der Waals surface area (Å²) in [5.41, 5.74) is 0. The van der Waals surface area contributed by atoms with Crippen LogP contribution in [0.15, 0.2) is 0 Å². The van der Waals surface area contributed by atoms with Crippen LogP contribution in [0.3, 0.4) is 0 Å². The van der Waals surface area contributed by atoms with E-state index < -0.39 is 0 Å². The molecular weight excluding hydrogens is 240 g/mol. The van der Waals surface area contributed by atoms with Crippen LogP contribution in [0.5, 0.6) is 0 Å². The number of ether oxygens (including phenoxy) is 1. The lowest BCUT2D eigenvalue weighted by molar-refractivity contribution is -0.0538. The summed E-state index contributed by atoms with van der Waals surface area (Å²) >= 11 is 0. The van der Waals surface area contributed by atoms with E-state index in [4.69, 9.17) is 9.84 Å². The first-order chi connectivity index (χ1) is 9.20. The fourth-order valence-electron chi connectivity index (χ4n) is 3.37. The average molecular weight is 270 g/mol. The van der Waals surface area contributed by atoms with Crippen molar-refractivity contribution in [1.82, 2.24) is 9.80 Å². The molecule has 2 fully saturated rings. The third-order valence-electron chi connectivity index (χ3n) is 4.53. The Bertz CT molecular complexity index is 261. The topological polar surface area (TPSA) is 35.9 Å². The molecule has 2 unspecified atom stereocenters. The SMILES string of the molecule is CC(C)N1CCOC(CN2CCCC2CCCO)C1. The molecule has 2 aliphatic heterocycles. The number of aliphatic hydroxyl groups is 1. The molecule has 2 aliphatic rings. The van der Waals surface area contributed by atoms with Crippen LogP contribution >= 0.6 is 0 Å². The molecule has 2 saturated heterocycles. The monoisotopic (exact) mass is 270 g/mol. The number of rotatable bonds is 6. The van der Waals surface area contributed by atoms with Crippen LogP contribution < -0.4 is 0 Å². The molecule has 0 aromatic rings. The van der Waals surface area contributed by atoms with E-state index in [1.54, 1.807) is 0 Å². The number of morpholine rings is 1. The van der Waals surface area contributed by atoms with Gasteiger partial charge in [-0.15, -0.1) is 0 Å². The molecule has 0 saturated carbocycles. The van der Waals surface area contributed by atoms with Crippen LogP contribution in [0.25, 0.3) is 0 Å². The molecule has 0 spiro atoms. The van der Waals surface area contributed by atoms with Gasteiger partial charge < -0.3 is 9.84 Å². The highest BCUT2D eigenvalue weighted by molar-refractivity contribution is 4.84. The van der Waals surface area contributed by atoms with Gasteiger partial charge in [0.15, 0.2) is 0 Å². The number of hydrogen-bond acceptors (Lipinski definition) is 4. The van der Waals surface area contributed by atoms with Crippen molar-refractivity contribution < 1.29 is 9.84 Å². The first-order valence-electron chi connectivity index (χ1n) is 7.91. The Morgan fingerprint density at radius 3 is 2.89 bits per heavy atom. The fourth-order valence-corrected chi connectivity index (χ4v) is 3.37. The molecule has 1 N–H and O–H groups in total. The summed E-state index contributed by atoms with van der Waals surface area (Å²) in [5, 5.41) is 8.98. The summed E-state index contributed by atoms with van der Waals surface area (Å²) < 4.78 is 5.94. The maximum atomic E-state index is 8.98. The van der Waals surface area contributed by atoms with Crippen molar-refractivity contribution in [2.45, 2.75) is 57.7 Å². The molecule has 4 nitrogen and oxygen atoms in total. The van der Waals surface area contributed by atoms with Crippen LogP contribution in [-0.2, 0) is 4.74 Å². The molecule has 0 aromatic heterocycles. The van der Waals surface area contributed by atoms with Gasteiger partial charge in [-0.1, -0.05) is 0 Å². The van der Waals surface area contributed by atoms with Crippen molar-refractivity contribution in [3.05, 3.63) is 0 Å². The maximum absolute atomic E-state index is 8.98. The van der Waals surface area contributed by atoms with E-state index in [1.807, 2.05) is 0 Å². The first-order valence-corrected chi connectivity index (χ1v) is 7.91. The van der Waals surface area contributed by atoms with E-state index in [1.165, 1.54) is 19.4 Å². The lowest BCUT2D eigenvalue weighted by Crippen LogP contribution is -2.50. The van der Waals surface area contributed by atoms with E-state index in [0.717, 1.165) is 39.1 Å². The zero-order chi connectivity index (χ0) is 13.7. The van der Waals surface area contributed by atoms with Crippen LogP contribution in [0.4, 0.5) is 0 Å². The second kappa shape index (κ2) is 7.58. The average Bonchev–Trinajstić information content (AvgIpc) is 2.84. The maximum Gasteiger partial charge on any atom is 0.0829 e. The highest BCUT2D eigenvalue weighted by Gasteiger charge is 2.29. The smallest absolute Gasteiger partial charge is 0.0829 e. The molecule has 0 bridgehead atoms. The highest BCUT2D eigenvalue weighted by Crippen LogP contribution is 2.22. The number of aliphatic hydroxyl groups excluding tert-OH is 1. The highest BCUT2D eigenvalue weighted by atomic mass is 16.5. The summed E-state index contributed by atoms with van der Waals surface area (Å²) in [6.07, 6.45) is 5.03. The molecule has 0 radical (unpaired) electrons. The van der Waals surface area contributed by atoms with Gasteiger partial charge in [0, 0.05) is 38.3 Å². The van der Waals surface area contributed by atoms with E-state index in [0.29, 0.717) is 24.8 Å². The Morgan fingerprint density at radius 2 is 2.16 bits per heavy atom. The van der Waals surface area contributed by atoms with Gasteiger partial charge in [-0.25, -0.2) is 0 Å². The van der Waals surface area contributed by atoms with Crippen LogP contribution in [-0.4, -0.2) is 72.5 Å². The molecule has 2 atom stereocenters. The molecule has 19 heavy (non-hydrogen) atoms. The van der Waals surface area contributed by atoms with Crippen LogP contribution in [0.2, 0.25) is 0 Å². The van der Waals surface area contributed by atoms with Crippen molar-refractivity contribution in [2.75, 3.05) is 39.4 Å². The standard InChI is InChI=1S/C15H30N2O2/c1-13(2)16-8-10-19-15(11-16)12-17-7-3-5-14(17)6-4-9-18/h13-15,18H,3-12H2,1-2H3. The van der Waals surface area contributed by atoms with E-state index in [9.17, 15) is 0 Å². The van der Waals surface area contributed by atoms with Gasteiger partial charge in [-0.2, -0.15) is 0 Å². The lowest BCUT2D eigenvalue weighted by atomic mass is 10.1. The molecule has 112 valence electrons. The minimum Gasteiger partial charge on any atom is -0.396 e. The van der Waals surface area contributed by atoms with Crippen LogP contribution in [0, 0.1) is 0 Å². The minimum absolute atomic E-state index is 0.325. The van der Waals surface area contributed by atoms with Crippen molar-refractivity contribution in [2.24, 2.45) is 0 Å². The van der Waals surface area contributed by atoms with Crippen LogP contribution in [0.1, 0.15) is 39.5 Å². The minimum atomic E-state index is 0.325. The summed E-state index contributed by atoms with van der Waals surface area (Å²) in [4.78, 5) is 5.11. The summed E-state index contributed by atoms with van der Waals surface area (Å²) in [7, 11) is 0. The Morgan fingerprint density at radius 1 is 1.32 bits per heavy atom. The third-order valence-corrected chi connectivity index (χ3v) is 4.53. The Kier molecular flexibility index (Phi) is 6.07. The van der Waals surface area contributed by atoms with Gasteiger partial charge in [-0.3, -0.25) is 9.80 Å². The van der Waals surface area contributed by atoms with E-state index in [2.05, 4.69) is 23.6 Å². The summed E-state index contributed by atoms with van der Waals surface area (Å²) in [6.45, 7) is 10.1. The van der Waals surface area contributed by atoms with Gasteiger partial charge in [0.05, 0.1) is 12.7 Å². The molecular formula is C15H30N2O2. The molecule has 2 heterocycles. The molecule has 2 rings (SSSR count). The normalized spacial score (nSPS) is 30.3. The third kappa shape index (κ3) is 4.42. The van der Waals surface area contributed by atoms with Crippen molar-refractivity contribution in [1.29, 1.82) is 0 Å². The quantitative estimate of drug-likeness (QED) is 0.790. The zero-order valence-corrected chi connectivity index (χ0v) is 12.6. The van der Waals surface area contributed by atoms with E-state index in [-0.39, 0.29) is 0 Å². The van der Waals surface area contributed by atoms with Gasteiger partial charge in [0.1, 0.15) is 0 Å².